The number of hydrogen-bond donors (Lipinski definition) is 3. The summed E-state index contributed by atoms with van der Waals surface area (Å²) < 4.78 is 5.06. The van der Waals surface area contributed by atoms with Gasteiger partial charge >= 0.3 is 8.60 Å². The molecule has 0 aliphatic heterocycles. The highest BCUT2D eigenvalue weighted by Gasteiger charge is 2.31. The highest BCUT2D eigenvalue weighted by Crippen LogP contribution is 2.48. The van der Waals surface area contributed by atoms with Gasteiger partial charge in [-0.2, -0.15) is 0 Å². The highest BCUT2D eigenvalue weighted by atomic mass is 31.2. The highest BCUT2D eigenvalue weighted by molar-refractivity contribution is 7.39. The van der Waals surface area contributed by atoms with Crippen molar-refractivity contribution in [1.29, 1.82) is 0 Å². The largest absolute Gasteiger partial charge is 0.504 e. The molecule has 0 radical (unpaired) electrons. The lowest BCUT2D eigenvalue weighted by Crippen LogP contribution is -2.23. The van der Waals surface area contributed by atoms with Gasteiger partial charge in [0.2, 0.25) is 0 Å². The van der Waals surface area contributed by atoms with Crippen molar-refractivity contribution in [2.75, 3.05) is 0 Å². The Bertz CT molecular complexity index is 846. The summed E-state index contributed by atoms with van der Waals surface area (Å²) in [7, 11) is -2.62. The van der Waals surface area contributed by atoms with Crippen LogP contribution in [0.1, 0.15) is 79.0 Å². The third kappa shape index (κ3) is 5.31. The normalized spacial score (nSPS) is 13.1. The Hall–Kier alpha value is -1.61. The number of phenols is 1. The molecule has 0 amide bonds. The van der Waals surface area contributed by atoms with Crippen LogP contribution in [0.4, 0.5) is 0 Å². The summed E-state index contributed by atoms with van der Waals surface area (Å²) in [6, 6.07) is 9.64. The Kier molecular flexibility index (Phi) is 6.45. The molecular formula is C24H35O4P. The average molecular weight is 419 g/mol. The van der Waals surface area contributed by atoms with E-state index in [1.165, 1.54) is 11.6 Å². The minimum Gasteiger partial charge on any atom is -0.504 e. The van der Waals surface area contributed by atoms with E-state index in [1.54, 1.807) is 6.07 Å². The summed E-state index contributed by atoms with van der Waals surface area (Å²) in [6.45, 7) is 19.6. The summed E-state index contributed by atoms with van der Waals surface area (Å²) in [4.78, 5) is 18.5. The Balaban J connectivity index is 2.98. The van der Waals surface area contributed by atoms with Crippen molar-refractivity contribution in [3.63, 3.8) is 0 Å². The van der Waals surface area contributed by atoms with Gasteiger partial charge in [-0.25, -0.2) is 0 Å². The van der Waals surface area contributed by atoms with E-state index in [0.29, 0.717) is 5.56 Å². The van der Waals surface area contributed by atoms with Crippen molar-refractivity contribution >= 4 is 8.60 Å². The zero-order chi connectivity index (χ0) is 22.4. The Morgan fingerprint density at radius 2 is 1.24 bits per heavy atom. The molecule has 0 saturated carbocycles. The van der Waals surface area contributed by atoms with E-state index in [1.807, 2.05) is 6.07 Å². The molecule has 0 aromatic heterocycles. The number of aromatic hydroxyl groups is 1. The van der Waals surface area contributed by atoms with Crippen LogP contribution in [0.25, 0.3) is 11.1 Å². The minimum atomic E-state index is -2.62. The summed E-state index contributed by atoms with van der Waals surface area (Å²) >= 11 is 0. The first-order valence-corrected chi connectivity index (χ1v) is 11.1. The third-order valence-corrected chi connectivity index (χ3v) is 5.43. The number of rotatable bonds is 3. The molecular weight excluding hydrogens is 383 g/mol. The first kappa shape index (κ1) is 23.7. The van der Waals surface area contributed by atoms with Crippen molar-refractivity contribution in [2.45, 2.75) is 78.6 Å². The molecule has 0 spiro atoms. The summed E-state index contributed by atoms with van der Waals surface area (Å²) in [5, 5.41) is 11.0. The quantitative estimate of drug-likeness (QED) is 0.495. The minimum absolute atomic E-state index is 0.0187. The topological polar surface area (TPSA) is 69.9 Å². The second-order valence-corrected chi connectivity index (χ2v) is 11.4. The van der Waals surface area contributed by atoms with Crippen LogP contribution in [-0.2, 0) is 16.2 Å². The predicted octanol–water partition coefficient (Wildman–Crippen LogP) is 6.54. The molecule has 2 aromatic carbocycles. The summed E-state index contributed by atoms with van der Waals surface area (Å²) in [6.07, 6.45) is 0. The van der Waals surface area contributed by atoms with Gasteiger partial charge in [-0.05, 0) is 44.6 Å². The second-order valence-electron chi connectivity index (χ2n) is 10.7. The van der Waals surface area contributed by atoms with E-state index in [0.717, 1.165) is 16.7 Å². The third-order valence-electron chi connectivity index (χ3n) is 5.07. The van der Waals surface area contributed by atoms with Gasteiger partial charge < -0.3 is 19.4 Å². The molecule has 2 aromatic rings. The molecule has 160 valence electrons. The fraction of sp³-hybridized carbons (Fsp3) is 0.500. The molecule has 0 heterocycles. The Labute approximate surface area is 176 Å². The van der Waals surface area contributed by atoms with Crippen LogP contribution in [0.2, 0.25) is 0 Å². The van der Waals surface area contributed by atoms with Crippen molar-refractivity contribution < 1.29 is 19.4 Å². The summed E-state index contributed by atoms with van der Waals surface area (Å²) in [5.41, 5.74) is 4.78. The van der Waals surface area contributed by atoms with Crippen molar-refractivity contribution in [2.24, 2.45) is 0 Å². The van der Waals surface area contributed by atoms with Crippen LogP contribution >= 0.6 is 8.60 Å². The summed E-state index contributed by atoms with van der Waals surface area (Å²) in [5.74, 6) is -0.0131. The SMILES string of the molecule is CC(C)(C)c1cc(C(C)(C)C)c(-c2cccc(OP(O)O)c2O)c(C(C)(C)C)c1. The maximum Gasteiger partial charge on any atom is 0.391 e. The van der Waals surface area contributed by atoms with E-state index >= 15 is 0 Å². The van der Waals surface area contributed by atoms with Crippen LogP contribution in [0, 0.1) is 0 Å². The number of hydrogen-bond acceptors (Lipinski definition) is 4. The van der Waals surface area contributed by atoms with Gasteiger partial charge in [0.25, 0.3) is 0 Å². The van der Waals surface area contributed by atoms with Gasteiger partial charge in [0.1, 0.15) is 0 Å². The number of benzene rings is 2. The maximum atomic E-state index is 11.0. The van der Waals surface area contributed by atoms with Crippen LogP contribution in [0.5, 0.6) is 11.5 Å². The Morgan fingerprint density at radius 3 is 1.62 bits per heavy atom. The van der Waals surface area contributed by atoms with Crippen molar-refractivity contribution in [3.8, 4) is 22.6 Å². The fourth-order valence-electron chi connectivity index (χ4n) is 3.43. The second kappa shape index (κ2) is 7.91. The van der Waals surface area contributed by atoms with Crippen LogP contribution < -0.4 is 4.52 Å². The fourth-order valence-corrected chi connectivity index (χ4v) is 3.76. The molecule has 0 aliphatic carbocycles. The van der Waals surface area contributed by atoms with E-state index < -0.39 is 8.60 Å². The number of para-hydroxylation sites is 1. The van der Waals surface area contributed by atoms with Gasteiger partial charge in [-0.1, -0.05) is 86.6 Å². The van der Waals surface area contributed by atoms with Crippen LogP contribution in [-0.4, -0.2) is 14.9 Å². The first-order chi connectivity index (χ1) is 13.0. The van der Waals surface area contributed by atoms with E-state index in [2.05, 4.69) is 74.4 Å². The predicted molar refractivity (Wildman–Crippen MR) is 122 cm³/mol. The standard InChI is InChI=1S/C24H35O4P/c1-22(2,3)15-13-17(23(4,5)6)20(18(14-15)24(7,8)9)16-11-10-12-19(21(16)25)28-29(26)27/h10-14,25-27H,1-9H3. The lowest BCUT2D eigenvalue weighted by molar-refractivity contribution is 0.361. The molecule has 0 fully saturated rings. The molecule has 0 atom stereocenters. The maximum absolute atomic E-state index is 11.0. The van der Waals surface area contributed by atoms with Gasteiger partial charge in [0.05, 0.1) is 0 Å². The molecule has 0 unspecified atom stereocenters. The smallest absolute Gasteiger partial charge is 0.391 e. The monoisotopic (exact) mass is 418 g/mol. The average Bonchev–Trinajstić information content (AvgIpc) is 2.52. The molecule has 4 nitrogen and oxygen atoms in total. The molecule has 29 heavy (non-hydrogen) atoms. The van der Waals surface area contributed by atoms with E-state index in [4.69, 9.17) is 4.52 Å². The molecule has 5 heteroatoms. The Morgan fingerprint density at radius 1 is 0.759 bits per heavy atom. The first-order valence-electron chi connectivity index (χ1n) is 9.91. The van der Waals surface area contributed by atoms with E-state index in [-0.39, 0.29) is 27.7 Å². The molecule has 2 rings (SSSR count). The van der Waals surface area contributed by atoms with Gasteiger partial charge in [0, 0.05) is 5.56 Å². The zero-order valence-corrected chi connectivity index (χ0v) is 20.0. The molecule has 0 saturated heterocycles. The lowest BCUT2D eigenvalue weighted by Gasteiger charge is -2.34. The molecule has 3 N–H and O–H groups in total. The molecule has 0 bridgehead atoms. The van der Waals surface area contributed by atoms with Crippen LogP contribution in [0.15, 0.2) is 30.3 Å². The van der Waals surface area contributed by atoms with Crippen molar-refractivity contribution in [1.82, 2.24) is 0 Å². The number of phenolic OH excluding ortho intramolecular Hbond substituents is 1. The molecule has 0 aliphatic rings. The van der Waals surface area contributed by atoms with E-state index in [9.17, 15) is 14.9 Å². The van der Waals surface area contributed by atoms with Crippen LogP contribution in [0.3, 0.4) is 0 Å². The van der Waals surface area contributed by atoms with Gasteiger partial charge in [-0.3, -0.25) is 0 Å². The van der Waals surface area contributed by atoms with Crippen molar-refractivity contribution in [3.05, 3.63) is 47.0 Å². The lowest BCUT2D eigenvalue weighted by atomic mass is 9.71. The van der Waals surface area contributed by atoms with Gasteiger partial charge in [-0.15, -0.1) is 0 Å². The zero-order valence-electron chi connectivity index (χ0n) is 19.1. The van der Waals surface area contributed by atoms with Gasteiger partial charge in [0.15, 0.2) is 11.5 Å².